The average Bonchev–Trinajstić information content (AvgIpc) is 2.01. The number of dihydropyridines is 1. The summed E-state index contributed by atoms with van der Waals surface area (Å²) < 4.78 is 0. The van der Waals surface area contributed by atoms with Crippen LogP contribution in [0, 0.1) is 0 Å². The Labute approximate surface area is 83.7 Å². The van der Waals surface area contributed by atoms with Crippen LogP contribution < -0.4 is 10.6 Å². The third-order valence-electron chi connectivity index (χ3n) is 1.77. The molecule has 0 spiro atoms. The lowest BCUT2D eigenvalue weighted by atomic mass is 10.1. The average molecular weight is 196 g/mol. The van der Waals surface area contributed by atoms with Crippen molar-refractivity contribution in [3.63, 3.8) is 0 Å². The number of hydrogen-bond acceptors (Lipinski definition) is 3. The summed E-state index contributed by atoms with van der Waals surface area (Å²) in [4.78, 5) is 10.9. The summed E-state index contributed by atoms with van der Waals surface area (Å²) >= 11 is 0. The Hall–Kier alpha value is -1.29. The number of carbonyl (C=O) groups is 1. The summed E-state index contributed by atoms with van der Waals surface area (Å²) in [6, 6.07) is 0. The zero-order chi connectivity index (χ0) is 10.8. The maximum atomic E-state index is 10.9. The van der Waals surface area contributed by atoms with Gasteiger partial charge in [0.05, 0.1) is 5.57 Å². The summed E-state index contributed by atoms with van der Waals surface area (Å²) in [6.07, 6.45) is 4.69. The van der Waals surface area contributed by atoms with Crippen LogP contribution in [-0.4, -0.2) is 22.8 Å². The van der Waals surface area contributed by atoms with E-state index in [9.17, 15) is 4.79 Å². The monoisotopic (exact) mass is 196 g/mol. The topological polar surface area (TPSA) is 61.4 Å². The quantitative estimate of drug-likeness (QED) is 0.612. The van der Waals surface area contributed by atoms with Gasteiger partial charge in [0.15, 0.2) is 0 Å². The standard InChI is InChI=1S/C10H16N2O2/c1-10(2,3)12-8-7(9(13)14)5-4-6-11-8/h4-6,8,11-12H,1-3H3,(H,13,14). The molecule has 14 heavy (non-hydrogen) atoms. The van der Waals surface area contributed by atoms with Gasteiger partial charge in [-0.05, 0) is 39.1 Å². The minimum atomic E-state index is -0.899. The van der Waals surface area contributed by atoms with Crippen molar-refractivity contribution in [1.82, 2.24) is 10.6 Å². The third-order valence-corrected chi connectivity index (χ3v) is 1.77. The predicted molar refractivity (Wildman–Crippen MR) is 54.7 cm³/mol. The first-order valence-corrected chi connectivity index (χ1v) is 4.54. The van der Waals surface area contributed by atoms with Crippen LogP contribution in [0.4, 0.5) is 0 Å². The van der Waals surface area contributed by atoms with Crippen LogP contribution in [0.15, 0.2) is 23.9 Å². The van der Waals surface area contributed by atoms with Gasteiger partial charge in [-0.2, -0.15) is 0 Å². The first-order chi connectivity index (χ1) is 6.40. The van der Waals surface area contributed by atoms with Gasteiger partial charge in [0.25, 0.3) is 0 Å². The van der Waals surface area contributed by atoms with Gasteiger partial charge in [0.1, 0.15) is 6.17 Å². The number of nitrogens with one attached hydrogen (secondary N) is 2. The van der Waals surface area contributed by atoms with Crippen molar-refractivity contribution in [1.29, 1.82) is 0 Å². The van der Waals surface area contributed by atoms with Crippen molar-refractivity contribution < 1.29 is 9.90 Å². The summed E-state index contributed by atoms with van der Waals surface area (Å²) in [5, 5.41) is 15.1. The first-order valence-electron chi connectivity index (χ1n) is 4.54. The van der Waals surface area contributed by atoms with Gasteiger partial charge >= 0.3 is 5.97 Å². The fraction of sp³-hybridized carbons (Fsp3) is 0.500. The summed E-state index contributed by atoms with van der Waals surface area (Å²) in [7, 11) is 0. The van der Waals surface area contributed by atoms with E-state index in [0.29, 0.717) is 5.57 Å². The zero-order valence-electron chi connectivity index (χ0n) is 8.66. The molecule has 3 N–H and O–H groups in total. The number of hydrogen-bond donors (Lipinski definition) is 3. The molecule has 0 aromatic heterocycles. The molecule has 0 aliphatic carbocycles. The van der Waals surface area contributed by atoms with Crippen molar-refractivity contribution in [3.8, 4) is 0 Å². The second-order valence-electron chi connectivity index (χ2n) is 4.28. The van der Waals surface area contributed by atoms with Crippen molar-refractivity contribution in [2.24, 2.45) is 0 Å². The van der Waals surface area contributed by atoms with E-state index in [1.807, 2.05) is 20.8 Å². The highest BCUT2D eigenvalue weighted by molar-refractivity contribution is 5.88. The molecular formula is C10H16N2O2. The van der Waals surface area contributed by atoms with Crippen LogP contribution in [0.25, 0.3) is 0 Å². The smallest absolute Gasteiger partial charge is 0.335 e. The molecule has 4 heteroatoms. The Kier molecular flexibility index (Phi) is 2.96. The highest BCUT2D eigenvalue weighted by Crippen LogP contribution is 2.10. The van der Waals surface area contributed by atoms with Crippen LogP contribution in [0.5, 0.6) is 0 Å². The SMILES string of the molecule is CC(C)(C)NC1NC=CC=C1C(=O)O. The summed E-state index contributed by atoms with van der Waals surface area (Å²) in [6.45, 7) is 5.98. The third kappa shape index (κ3) is 2.88. The molecule has 0 saturated carbocycles. The van der Waals surface area contributed by atoms with E-state index in [1.165, 1.54) is 0 Å². The molecule has 0 aromatic rings. The fourth-order valence-electron chi connectivity index (χ4n) is 1.24. The molecule has 1 aliphatic heterocycles. The van der Waals surface area contributed by atoms with Gasteiger partial charge in [-0.3, -0.25) is 5.32 Å². The molecule has 0 amide bonds. The van der Waals surface area contributed by atoms with Gasteiger partial charge in [-0.1, -0.05) is 0 Å². The second kappa shape index (κ2) is 3.84. The largest absolute Gasteiger partial charge is 0.478 e. The van der Waals surface area contributed by atoms with Gasteiger partial charge in [0, 0.05) is 5.54 Å². The molecule has 1 aliphatic rings. The van der Waals surface area contributed by atoms with Crippen molar-refractivity contribution >= 4 is 5.97 Å². The molecule has 1 atom stereocenters. The zero-order valence-corrected chi connectivity index (χ0v) is 8.66. The van der Waals surface area contributed by atoms with Crippen LogP contribution in [-0.2, 0) is 4.79 Å². The Balaban J connectivity index is 2.75. The fourth-order valence-corrected chi connectivity index (χ4v) is 1.24. The predicted octanol–water partition coefficient (Wildman–Crippen LogP) is 0.828. The van der Waals surface area contributed by atoms with Crippen LogP contribution in [0.2, 0.25) is 0 Å². The van der Waals surface area contributed by atoms with Crippen molar-refractivity contribution in [2.75, 3.05) is 0 Å². The normalized spacial score (nSPS) is 21.4. The van der Waals surface area contributed by atoms with Crippen LogP contribution >= 0.6 is 0 Å². The second-order valence-corrected chi connectivity index (χ2v) is 4.28. The molecule has 0 radical (unpaired) electrons. The lowest BCUT2D eigenvalue weighted by Gasteiger charge is -2.30. The highest BCUT2D eigenvalue weighted by atomic mass is 16.4. The minimum absolute atomic E-state index is 0.128. The molecule has 0 bridgehead atoms. The molecule has 78 valence electrons. The number of carboxylic acid groups (broad SMARTS) is 1. The molecule has 0 aromatic carbocycles. The number of aliphatic carboxylic acids is 1. The van der Waals surface area contributed by atoms with Gasteiger partial charge in [-0.25, -0.2) is 4.79 Å². The molecule has 1 heterocycles. The Morgan fingerprint density at radius 3 is 2.71 bits per heavy atom. The minimum Gasteiger partial charge on any atom is -0.478 e. The number of allylic oxidation sites excluding steroid dienone is 2. The molecule has 0 saturated heterocycles. The number of rotatable bonds is 2. The van der Waals surface area contributed by atoms with Crippen LogP contribution in [0.1, 0.15) is 20.8 Å². The number of carboxylic acids is 1. The Bertz CT molecular complexity index is 287. The molecule has 4 nitrogen and oxygen atoms in total. The lowest BCUT2D eigenvalue weighted by molar-refractivity contribution is -0.133. The highest BCUT2D eigenvalue weighted by Gasteiger charge is 2.24. The maximum absolute atomic E-state index is 10.9. The maximum Gasteiger partial charge on any atom is 0.335 e. The van der Waals surface area contributed by atoms with E-state index in [2.05, 4.69) is 10.6 Å². The summed E-state index contributed by atoms with van der Waals surface area (Å²) in [5.74, 6) is -0.899. The van der Waals surface area contributed by atoms with Crippen molar-refractivity contribution in [3.05, 3.63) is 23.9 Å². The van der Waals surface area contributed by atoms with E-state index >= 15 is 0 Å². The first kappa shape index (κ1) is 10.8. The molecular weight excluding hydrogens is 180 g/mol. The van der Waals surface area contributed by atoms with E-state index in [0.717, 1.165) is 0 Å². The Morgan fingerprint density at radius 2 is 2.21 bits per heavy atom. The molecule has 0 fully saturated rings. The van der Waals surface area contributed by atoms with E-state index in [1.54, 1.807) is 18.4 Å². The van der Waals surface area contributed by atoms with Gasteiger partial charge in [0.2, 0.25) is 0 Å². The molecule has 1 unspecified atom stereocenters. The van der Waals surface area contributed by atoms with E-state index in [4.69, 9.17) is 5.11 Å². The van der Waals surface area contributed by atoms with Crippen LogP contribution in [0.3, 0.4) is 0 Å². The Morgan fingerprint density at radius 1 is 1.57 bits per heavy atom. The van der Waals surface area contributed by atoms with Crippen molar-refractivity contribution in [2.45, 2.75) is 32.5 Å². The summed E-state index contributed by atoms with van der Waals surface area (Å²) in [5.41, 5.74) is 0.208. The van der Waals surface area contributed by atoms with E-state index < -0.39 is 5.97 Å². The lowest BCUT2D eigenvalue weighted by Crippen LogP contribution is -2.52. The van der Waals surface area contributed by atoms with Gasteiger partial charge < -0.3 is 10.4 Å². The van der Waals surface area contributed by atoms with Gasteiger partial charge in [-0.15, -0.1) is 0 Å². The molecule has 1 rings (SSSR count). The van der Waals surface area contributed by atoms with E-state index in [-0.39, 0.29) is 11.7 Å².